The van der Waals surface area contributed by atoms with Gasteiger partial charge in [-0.3, -0.25) is 4.98 Å². The first-order chi connectivity index (χ1) is 7.88. The lowest BCUT2D eigenvalue weighted by Crippen LogP contribution is -2.19. The predicted molar refractivity (Wildman–Crippen MR) is 64.4 cm³/mol. The molecular weight excluding hydrogens is 196 g/mol. The molecule has 2 heterocycles. The Balaban J connectivity index is 1.87. The summed E-state index contributed by atoms with van der Waals surface area (Å²) < 4.78 is 0. The summed E-state index contributed by atoms with van der Waals surface area (Å²) in [5, 5.41) is 4.75. The largest absolute Gasteiger partial charge is 0.316 e. The summed E-state index contributed by atoms with van der Waals surface area (Å²) >= 11 is 0. The van der Waals surface area contributed by atoms with Gasteiger partial charge in [0.2, 0.25) is 0 Å². The first kappa shape index (κ1) is 8.71. The first-order valence-electron chi connectivity index (χ1n) is 5.94. The Morgan fingerprint density at radius 2 is 2.25 bits per heavy atom. The number of hydrogen-bond donors (Lipinski definition) is 1. The minimum Gasteiger partial charge on any atom is -0.316 e. The Morgan fingerprint density at radius 1 is 1.31 bits per heavy atom. The fourth-order valence-electron chi connectivity index (χ4n) is 3.13. The van der Waals surface area contributed by atoms with Crippen LogP contribution in [0.4, 0.5) is 0 Å². The molecule has 2 nitrogen and oxygen atoms in total. The predicted octanol–water partition coefficient (Wildman–Crippen LogP) is 2.10. The van der Waals surface area contributed by atoms with Gasteiger partial charge in [0.15, 0.2) is 0 Å². The summed E-state index contributed by atoms with van der Waals surface area (Å²) in [6.07, 6.45) is 3.43. The molecule has 1 N–H and O–H groups in total. The third kappa shape index (κ3) is 1.03. The van der Waals surface area contributed by atoms with E-state index in [9.17, 15) is 0 Å². The third-order valence-corrected chi connectivity index (χ3v) is 4.23. The molecule has 1 aliphatic carbocycles. The average molecular weight is 210 g/mol. The zero-order valence-corrected chi connectivity index (χ0v) is 9.11. The lowest BCUT2D eigenvalue weighted by Gasteiger charge is -2.12. The van der Waals surface area contributed by atoms with Crippen LogP contribution in [0.1, 0.15) is 12.0 Å². The summed E-state index contributed by atoms with van der Waals surface area (Å²) in [6, 6.07) is 10.7. The quantitative estimate of drug-likeness (QED) is 0.779. The number of aromatic nitrogens is 1. The highest BCUT2D eigenvalue weighted by atomic mass is 15.0. The van der Waals surface area contributed by atoms with Crippen LogP contribution < -0.4 is 5.32 Å². The van der Waals surface area contributed by atoms with Gasteiger partial charge in [0.05, 0.1) is 5.52 Å². The van der Waals surface area contributed by atoms with Crippen molar-refractivity contribution < 1.29 is 0 Å². The molecule has 0 bridgehead atoms. The van der Waals surface area contributed by atoms with Crippen molar-refractivity contribution in [1.29, 1.82) is 0 Å². The summed E-state index contributed by atoms with van der Waals surface area (Å²) in [6.45, 7) is 2.32. The lowest BCUT2D eigenvalue weighted by molar-refractivity contribution is 0.674. The number of pyridine rings is 1. The van der Waals surface area contributed by atoms with Gasteiger partial charge >= 0.3 is 0 Å². The molecule has 2 aliphatic rings. The maximum absolute atomic E-state index is 4.57. The van der Waals surface area contributed by atoms with E-state index in [1.54, 1.807) is 0 Å². The van der Waals surface area contributed by atoms with E-state index in [1.165, 1.54) is 23.9 Å². The lowest BCUT2D eigenvalue weighted by atomic mass is 9.95. The Kier molecular flexibility index (Phi) is 1.54. The minimum atomic E-state index is 0.428. The topological polar surface area (TPSA) is 24.9 Å². The van der Waals surface area contributed by atoms with E-state index in [2.05, 4.69) is 40.8 Å². The van der Waals surface area contributed by atoms with Crippen LogP contribution in [0, 0.1) is 5.92 Å². The van der Waals surface area contributed by atoms with Gasteiger partial charge in [-0.25, -0.2) is 0 Å². The maximum atomic E-state index is 4.57. The summed E-state index contributed by atoms with van der Waals surface area (Å²) in [7, 11) is 0. The number of para-hydroxylation sites is 1. The van der Waals surface area contributed by atoms with Gasteiger partial charge in [-0.15, -0.1) is 0 Å². The number of nitrogens with one attached hydrogen (secondary N) is 1. The standard InChI is InChI=1S/C14H14N2/c1-2-4-13-10(3-1)5-11(8-16-13)14-6-12(14)7-15-9-14/h1-5,8,12,15H,6-7,9H2. The van der Waals surface area contributed by atoms with Gasteiger partial charge in [0.25, 0.3) is 0 Å². The summed E-state index contributed by atoms with van der Waals surface area (Å²) in [5.41, 5.74) is 2.96. The monoisotopic (exact) mass is 210 g/mol. The SMILES string of the molecule is c1ccc2ncc(C34CNCC3C4)cc2c1. The van der Waals surface area contributed by atoms with E-state index >= 15 is 0 Å². The van der Waals surface area contributed by atoms with Crippen molar-refractivity contribution in [3.63, 3.8) is 0 Å². The second-order valence-electron chi connectivity index (χ2n) is 5.10. The van der Waals surface area contributed by atoms with E-state index in [1.807, 2.05) is 6.07 Å². The molecule has 2 heteroatoms. The van der Waals surface area contributed by atoms with Crippen LogP contribution in [0.5, 0.6) is 0 Å². The van der Waals surface area contributed by atoms with Gasteiger partial charge in [0, 0.05) is 23.5 Å². The Morgan fingerprint density at radius 3 is 3.06 bits per heavy atom. The van der Waals surface area contributed by atoms with E-state index < -0.39 is 0 Å². The zero-order chi connectivity index (χ0) is 10.6. The molecule has 1 saturated carbocycles. The highest BCUT2D eigenvalue weighted by molar-refractivity contribution is 5.79. The van der Waals surface area contributed by atoms with Crippen molar-refractivity contribution in [3.05, 3.63) is 42.1 Å². The fourth-order valence-corrected chi connectivity index (χ4v) is 3.13. The van der Waals surface area contributed by atoms with Gasteiger partial charge in [-0.1, -0.05) is 18.2 Å². The van der Waals surface area contributed by atoms with E-state index in [0.29, 0.717) is 5.41 Å². The molecule has 0 spiro atoms. The smallest absolute Gasteiger partial charge is 0.0702 e. The summed E-state index contributed by atoms with van der Waals surface area (Å²) in [4.78, 5) is 4.57. The van der Waals surface area contributed by atoms with Crippen LogP contribution in [-0.2, 0) is 5.41 Å². The number of fused-ring (bicyclic) bond motifs is 2. The van der Waals surface area contributed by atoms with Gasteiger partial charge in [-0.2, -0.15) is 0 Å². The number of piperidine rings is 1. The molecule has 0 amide bonds. The fraction of sp³-hybridized carbons (Fsp3) is 0.357. The molecular formula is C14H14N2. The van der Waals surface area contributed by atoms with Crippen molar-refractivity contribution in [1.82, 2.24) is 10.3 Å². The van der Waals surface area contributed by atoms with Gasteiger partial charge < -0.3 is 5.32 Å². The molecule has 2 unspecified atom stereocenters. The molecule has 1 aliphatic heterocycles. The highest BCUT2D eigenvalue weighted by Crippen LogP contribution is 2.56. The van der Waals surface area contributed by atoms with E-state index in [4.69, 9.17) is 0 Å². The molecule has 16 heavy (non-hydrogen) atoms. The van der Waals surface area contributed by atoms with Gasteiger partial charge in [-0.05, 0) is 36.6 Å². The van der Waals surface area contributed by atoms with Crippen molar-refractivity contribution in [2.45, 2.75) is 11.8 Å². The molecule has 80 valence electrons. The van der Waals surface area contributed by atoms with Crippen LogP contribution in [0.2, 0.25) is 0 Å². The van der Waals surface area contributed by atoms with Crippen molar-refractivity contribution in [2.24, 2.45) is 5.92 Å². The van der Waals surface area contributed by atoms with E-state index in [0.717, 1.165) is 18.0 Å². The van der Waals surface area contributed by atoms with Crippen molar-refractivity contribution >= 4 is 10.9 Å². The average Bonchev–Trinajstić information content (AvgIpc) is 2.92. The molecule has 1 saturated heterocycles. The molecule has 4 rings (SSSR count). The number of benzene rings is 1. The second-order valence-corrected chi connectivity index (χ2v) is 5.10. The molecule has 0 radical (unpaired) electrons. The summed E-state index contributed by atoms with van der Waals surface area (Å²) in [5.74, 6) is 0.857. The van der Waals surface area contributed by atoms with Crippen LogP contribution in [0.15, 0.2) is 36.5 Å². The first-order valence-corrected chi connectivity index (χ1v) is 5.94. The van der Waals surface area contributed by atoms with Gasteiger partial charge in [0.1, 0.15) is 0 Å². The number of rotatable bonds is 1. The highest BCUT2D eigenvalue weighted by Gasteiger charge is 2.58. The Bertz CT molecular complexity index is 563. The molecule has 1 aromatic carbocycles. The Labute approximate surface area is 94.7 Å². The van der Waals surface area contributed by atoms with E-state index in [-0.39, 0.29) is 0 Å². The van der Waals surface area contributed by atoms with Crippen molar-refractivity contribution in [2.75, 3.05) is 13.1 Å². The number of nitrogens with zero attached hydrogens (tertiary/aromatic N) is 1. The van der Waals surface area contributed by atoms with Crippen LogP contribution in [0.3, 0.4) is 0 Å². The van der Waals surface area contributed by atoms with Crippen molar-refractivity contribution in [3.8, 4) is 0 Å². The van der Waals surface area contributed by atoms with Crippen LogP contribution in [0.25, 0.3) is 10.9 Å². The molecule has 2 atom stereocenters. The van der Waals surface area contributed by atoms with Crippen LogP contribution in [-0.4, -0.2) is 18.1 Å². The second kappa shape index (κ2) is 2.83. The number of hydrogen-bond acceptors (Lipinski definition) is 2. The van der Waals surface area contributed by atoms with Crippen LogP contribution >= 0.6 is 0 Å². The Hall–Kier alpha value is -1.41. The third-order valence-electron chi connectivity index (χ3n) is 4.23. The zero-order valence-electron chi connectivity index (χ0n) is 9.11. The maximum Gasteiger partial charge on any atom is 0.0702 e. The minimum absolute atomic E-state index is 0.428. The molecule has 2 aromatic rings. The molecule has 2 fully saturated rings. The molecule has 1 aromatic heterocycles. The normalized spacial score (nSPS) is 31.6.